The van der Waals surface area contributed by atoms with Crippen molar-refractivity contribution in [2.75, 3.05) is 6.54 Å². The number of carboxylic acid groups (broad SMARTS) is 1. The number of amides is 2. The molecule has 43 heavy (non-hydrogen) atoms. The fourth-order valence-electron chi connectivity index (χ4n) is 7.62. The molecule has 3 heterocycles. The number of nitrogens with zero attached hydrogens (tertiary/aromatic N) is 2. The van der Waals surface area contributed by atoms with Crippen LogP contribution in [0.5, 0.6) is 5.75 Å². The average molecular weight is 626 g/mol. The van der Waals surface area contributed by atoms with Gasteiger partial charge in [0.25, 0.3) is 5.69 Å². The summed E-state index contributed by atoms with van der Waals surface area (Å²) in [6.07, 6.45) is 0.274. The zero-order valence-corrected chi connectivity index (χ0v) is 23.9. The highest BCUT2D eigenvalue weighted by atomic mass is 32.2. The molecule has 1 aromatic heterocycles. The number of thiazole rings is 1. The van der Waals surface area contributed by atoms with Crippen LogP contribution in [-0.2, 0) is 21.0 Å². The minimum Gasteiger partial charge on any atom is -0.489 e. The second-order valence-corrected chi connectivity index (χ2v) is 13.5. The van der Waals surface area contributed by atoms with Gasteiger partial charge in [0.15, 0.2) is 0 Å². The van der Waals surface area contributed by atoms with E-state index < -0.39 is 34.5 Å². The first-order valence-electron chi connectivity index (χ1n) is 13.7. The van der Waals surface area contributed by atoms with Crippen molar-refractivity contribution >= 4 is 46.6 Å². The molecule has 3 fully saturated rings. The first-order valence-corrected chi connectivity index (χ1v) is 15.4. The summed E-state index contributed by atoms with van der Waals surface area (Å²) in [7, 11) is 0. The van der Waals surface area contributed by atoms with Gasteiger partial charge in [-0.15, -0.1) is 11.8 Å². The summed E-state index contributed by atoms with van der Waals surface area (Å²) in [5.41, 5.74) is 1.04. The van der Waals surface area contributed by atoms with Crippen LogP contribution in [0.25, 0.3) is 0 Å². The number of halogens is 1. The lowest BCUT2D eigenvalue weighted by molar-refractivity contribution is -0.385. The van der Waals surface area contributed by atoms with Gasteiger partial charge in [0.2, 0.25) is 11.8 Å². The summed E-state index contributed by atoms with van der Waals surface area (Å²) in [5, 5.41) is 21.5. The molecule has 14 heteroatoms. The number of fused-ring (bicyclic) bond motifs is 9. The fraction of sp³-hybridized carbons (Fsp3) is 0.379. The predicted octanol–water partition coefficient (Wildman–Crippen LogP) is 4.01. The highest BCUT2D eigenvalue weighted by Gasteiger charge is 2.69. The van der Waals surface area contributed by atoms with Gasteiger partial charge < -0.3 is 14.8 Å². The molecule has 11 nitrogen and oxygen atoms in total. The van der Waals surface area contributed by atoms with Gasteiger partial charge in [-0.3, -0.25) is 34.2 Å². The Kier molecular flexibility index (Phi) is 6.65. The molecule has 7 atom stereocenters. The molecular formula is C29H24FN3O8S2. The molecule has 2 aromatic carbocycles. The molecule has 3 aromatic rings. The van der Waals surface area contributed by atoms with Crippen LogP contribution in [-0.4, -0.2) is 49.5 Å². The molecule has 0 unspecified atom stereocenters. The van der Waals surface area contributed by atoms with Crippen molar-refractivity contribution in [3.05, 3.63) is 84.1 Å². The minimum absolute atomic E-state index is 0.0686. The topological polar surface area (TPSA) is 160 Å². The summed E-state index contributed by atoms with van der Waals surface area (Å²) in [5.74, 6) is -4.21. The van der Waals surface area contributed by atoms with Crippen molar-refractivity contribution in [1.29, 1.82) is 0 Å². The van der Waals surface area contributed by atoms with Crippen LogP contribution >= 0.6 is 23.1 Å². The summed E-state index contributed by atoms with van der Waals surface area (Å²) < 4.78 is 19.6. The Morgan fingerprint density at radius 2 is 1.84 bits per heavy atom. The van der Waals surface area contributed by atoms with E-state index in [9.17, 15) is 33.7 Å². The number of likely N-dealkylation sites (tertiary alicyclic amines) is 1. The number of carboxylic acids is 1. The quantitative estimate of drug-likeness (QED) is 0.214. The van der Waals surface area contributed by atoms with Crippen LogP contribution in [0.2, 0.25) is 0 Å². The molecule has 2 N–H and O–H groups in total. The van der Waals surface area contributed by atoms with Crippen LogP contribution in [0.1, 0.15) is 34.8 Å². The zero-order valence-electron chi connectivity index (χ0n) is 22.3. The van der Waals surface area contributed by atoms with E-state index in [1.165, 1.54) is 42.1 Å². The van der Waals surface area contributed by atoms with Gasteiger partial charge in [-0.05, 0) is 47.9 Å². The SMILES string of the molecule is O=C(O)CCN1C(=O)[C@@H]2[C@H]3C[C@@H]([C@@H]2C1=O)[C@@H]1[C@H](c2cc([N+](=O)[O-])ccc2OCc2ccc(F)cc2)c2sc(=O)[nH]c2S[C@H]31. The number of aromatic amines is 1. The van der Waals surface area contributed by atoms with E-state index in [1.54, 1.807) is 12.1 Å². The fourth-order valence-corrected chi connectivity index (χ4v) is 10.5. The van der Waals surface area contributed by atoms with E-state index in [0.717, 1.165) is 16.2 Å². The third-order valence-electron chi connectivity index (χ3n) is 9.21. The van der Waals surface area contributed by atoms with Gasteiger partial charge in [0.1, 0.15) is 18.2 Å². The number of H-pyrrole nitrogens is 1. The zero-order chi connectivity index (χ0) is 30.2. The Bertz CT molecular complexity index is 1740. The molecule has 0 spiro atoms. The van der Waals surface area contributed by atoms with Crippen LogP contribution in [0, 0.1) is 45.5 Å². The highest BCUT2D eigenvalue weighted by molar-refractivity contribution is 8.00. The maximum absolute atomic E-state index is 13.6. The Hall–Kier alpha value is -4.04. The van der Waals surface area contributed by atoms with Gasteiger partial charge in [0, 0.05) is 40.3 Å². The second kappa shape index (κ2) is 10.3. The Morgan fingerprint density at radius 3 is 2.53 bits per heavy atom. The summed E-state index contributed by atoms with van der Waals surface area (Å²) in [6, 6.07) is 10.1. The van der Waals surface area contributed by atoms with Crippen molar-refractivity contribution in [3.63, 3.8) is 0 Å². The van der Waals surface area contributed by atoms with Crippen molar-refractivity contribution in [3.8, 4) is 5.75 Å². The number of imide groups is 1. The van der Waals surface area contributed by atoms with Gasteiger partial charge in [-0.1, -0.05) is 23.5 Å². The summed E-state index contributed by atoms with van der Waals surface area (Å²) in [4.78, 5) is 66.6. The molecule has 2 amide bonds. The van der Waals surface area contributed by atoms with E-state index in [4.69, 9.17) is 9.84 Å². The minimum atomic E-state index is -1.10. The highest BCUT2D eigenvalue weighted by Crippen LogP contribution is 2.69. The lowest BCUT2D eigenvalue weighted by atomic mass is 9.68. The van der Waals surface area contributed by atoms with Crippen LogP contribution in [0.4, 0.5) is 10.1 Å². The smallest absolute Gasteiger partial charge is 0.305 e. The number of nitrogens with one attached hydrogen (secondary N) is 1. The number of nitro groups is 1. The molecular weight excluding hydrogens is 601 g/mol. The number of carbonyl (C=O) groups is 3. The van der Waals surface area contributed by atoms with Crippen molar-refractivity contribution < 1.29 is 33.5 Å². The number of rotatable bonds is 8. The molecule has 0 radical (unpaired) electrons. The summed E-state index contributed by atoms with van der Waals surface area (Å²) in [6.45, 7) is -0.114. The predicted molar refractivity (Wildman–Crippen MR) is 151 cm³/mol. The number of thioether (sulfide) groups is 1. The van der Waals surface area contributed by atoms with E-state index in [1.807, 2.05) is 0 Å². The number of non-ortho nitro benzene ring substituents is 1. The van der Waals surface area contributed by atoms with Crippen molar-refractivity contribution in [1.82, 2.24) is 9.88 Å². The van der Waals surface area contributed by atoms with Crippen LogP contribution in [0.15, 0.2) is 52.3 Å². The average Bonchev–Trinajstić information content (AvgIpc) is 3.70. The lowest BCUT2D eigenvalue weighted by Crippen LogP contribution is -2.42. The standard InChI is InChI=1S/C29H24FN3O8S2/c30-13-3-1-12(2-4-13)11-41-18-6-5-14(33(39)40)9-15(18)20-21-16-10-17(24(21)42-26-25(20)43-29(38)31-26)23-22(16)27(36)32(28(23)37)8-7-19(34)35/h1-6,9,16-17,20-24H,7-8,10-11H2,(H,31,38)(H,34,35)/t16-,17-,20+,21-,22+,23-,24-/m1/s1. The van der Waals surface area contributed by atoms with Crippen LogP contribution < -0.4 is 9.61 Å². The molecule has 1 saturated heterocycles. The first-order chi connectivity index (χ1) is 20.6. The largest absolute Gasteiger partial charge is 0.489 e. The maximum atomic E-state index is 13.6. The normalized spacial score (nSPS) is 28.5. The number of aliphatic carboxylic acids is 1. The Morgan fingerprint density at radius 1 is 1.12 bits per heavy atom. The number of aromatic nitrogens is 1. The molecule has 2 aliphatic heterocycles. The molecule has 4 aliphatic rings. The monoisotopic (exact) mass is 625 g/mol. The van der Waals surface area contributed by atoms with E-state index >= 15 is 0 Å². The third-order valence-corrected chi connectivity index (χ3v) is 11.8. The van der Waals surface area contributed by atoms with Crippen molar-refractivity contribution in [2.24, 2.45) is 29.6 Å². The van der Waals surface area contributed by atoms with Crippen molar-refractivity contribution in [2.45, 2.75) is 35.6 Å². The number of hydrogen-bond donors (Lipinski definition) is 2. The molecule has 2 bridgehead atoms. The maximum Gasteiger partial charge on any atom is 0.305 e. The number of benzene rings is 2. The number of nitro benzene ring substituents is 1. The van der Waals surface area contributed by atoms with E-state index in [2.05, 4.69) is 4.98 Å². The Labute approximate surface area is 251 Å². The third kappa shape index (κ3) is 4.46. The van der Waals surface area contributed by atoms with E-state index in [0.29, 0.717) is 33.2 Å². The molecule has 7 rings (SSSR count). The lowest BCUT2D eigenvalue weighted by Gasteiger charge is -2.43. The Balaban J connectivity index is 1.30. The number of carbonyl (C=O) groups excluding carboxylic acids is 2. The van der Waals surface area contributed by atoms with Gasteiger partial charge >= 0.3 is 10.8 Å². The summed E-state index contributed by atoms with van der Waals surface area (Å²) >= 11 is 2.50. The van der Waals surface area contributed by atoms with Gasteiger partial charge in [-0.2, -0.15) is 0 Å². The second-order valence-electron chi connectivity index (χ2n) is 11.3. The molecule has 2 aliphatic carbocycles. The number of ether oxygens (including phenoxy) is 1. The van der Waals surface area contributed by atoms with Crippen LogP contribution in [0.3, 0.4) is 0 Å². The van der Waals surface area contributed by atoms with E-state index in [-0.39, 0.29) is 65.0 Å². The molecule has 222 valence electrons. The molecule has 2 saturated carbocycles. The van der Waals surface area contributed by atoms with Gasteiger partial charge in [0.05, 0.1) is 28.2 Å². The first kappa shape index (κ1) is 27.8. The number of hydrogen-bond acceptors (Lipinski definition) is 9. The van der Waals surface area contributed by atoms with Gasteiger partial charge in [-0.25, -0.2) is 4.39 Å².